The number of amides is 1. The summed E-state index contributed by atoms with van der Waals surface area (Å²) in [5.41, 5.74) is 7.49. The lowest BCUT2D eigenvalue weighted by Crippen LogP contribution is -2.50. The highest BCUT2D eigenvalue weighted by Crippen LogP contribution is 2.43. The van der Waals surface area contributed by atoms with Crippen molar-refractivity contribution in [2.45, 2.75) is 63.5 Å². The minimum Gasteiger partial charge on any atom is -0.339 e. The predicted octanol–water partition coefficient (Wildman–Crippen LogP) is 3.93. The van der Waals surface area contributed by atoms with Crippen LogP contribution in [-0.2, 0) is 11.2 Å². The van der Waals surface area contributed by atoms with Crippen LogP contribution >= 0.6 is 12.4 Å². The minimum atomic E-state index is -0.205. The molecule has 0 aromatic heterocycles. The second kappa shape index (κ2) is 8.26. The summed E-state index contributed by atoms with van der Waals surface area (Å²) in [5.74, 6) is 1.40. The first-order chi connectivity index (χ1) is 12.1. The Hall–Kier alpha value is -1.13. The first kappa shape index (κ1) is 19.6. The van der Waals surface area contributed by atoms with Crippen LogP contribution in [0.15, 0.2) is 24.3 Å². The van der Waals surface area contributed by atoms with E-state index in [0.29, 0.717) is 29.8 Å². The van der Waals surface area contributed by atoms with E-state index < -0.39 is 0 Å². The van der Waals surface area contributed by atoms with Gasteiger partial charge in [-0.1, -0.05) is 18.6 Å². The summed E-state index contributed by atoms with van der Waals surface area (Å²) < 4.78 is 13.1. The number of hydrogen-bond acceptors (Lipinski definition) is 2. The van der Waals surface area contributed by atoms with Crippen molar-refractivity contribution < 1.29 is 9.18 Å². The van der Waals surface area contributed by atoms with E-state index in [1.165, 1.54) is 31.4 Å². The molecule has 0 radical (unpaired) electrons. The molecule has 2 bridgehead atoms. The molecule has 3 aliphatic rings. The second-order valence-electron chi connectivity index (χ2n) is 8.34. The molecule has 3 saturated carbocycles. The number of rotatable bonds is 5. The lowest BCUT2D eigenvalue weighted by atomic mass is 9.65. The summed E-state index contributed by atoms with van der Waals surface area (Å²) in [4.78, 5) is 15.3. The molecule has 3 aliphatic carbocycles. The molecule has 2 N–H and O–H groups in total. The normalized spacial score (nSPS) is 30.4. The molecule has 2 atom stereocenters. The Morgan fingerprint density at radius 2 is 1.69 bits per heavy atom. The Bertz CT molecular complexity index is 605. The van der Waals surface area contributed by atoms with Crippen molar-refractivity contribution in [1.29, 1.82) is 0 Å². The zero-order valence-electron chi connectivity index (χ0n) is 15.3. The maximum absolute atomic E-state index is 13.2. The predicted molar refractivity (Wildman–Crippen MR) is 104 cm³/mol. The number of nitrogens with two attached hydrogens (primary N) is 1. The van der Waals surface area contributed by atoms with Gasteiger partial charge in [0.2, 0.25) is 5.91 Å². The van der Waals surface area contributed by atoms with Gasteiger partial charge in [0.1, 0.15) is 5.82 Å². The standard InChI is InChI=1S/C21H29FN2O.ClH/c22-18-6-4-14(5-7-18)10-11-24(19-8-9-19)21(25)17-12-15-2-1-3-16(13-17)20(15)23;/h4-7,15-17,19-20H,1-3,8-13,23H2;1H. The van der Waals surface area contributed by atoms with Crippen LogP contribution in [0, 0.1) is 23.6 Å². The molecular weight excluding hydrogens is 351 g/mol. The number of benzene rings is 1. The number of hydrogen-bond donors (Lipinski definition) is 1. The molecule has 0 aliphatic heterocycles. The van der Waals surface area contributed by atoms with Crippen LogP contribution < -0.4 is 5.73 Å². The van der Waals surface area contributed by atoms with Crippen molar-refractivity contribution in [3.05, 3.63) is 35.6 Å². The van der Waals surface area contributed by atoms with Crippen LogP contribution in [0.4, 0.5) is 4.39 Å². The molecule has 0 heterocycles. The zero-order chi connectivity index (χ0) is 17.4. The number of carbonyl (C=O) groups is 1. The summed E-state index contributed by atoms with van der Waals surface area (Å²) in [6.07, 6.45) is 8.71. The van der Waals surface area contributed by atoms with Gasteiger partial charge in [-0.3, -0.25) is 4.79 Å². The molecule has 1 amide bonds. The molecule has 1 aromatic carbocycles. The number of halogens is 2. The summed E-state index contributed by atoms with van der Waals surface area (Å²) in [5, 5.41) is 0. The summed E-state index contributed by atoms with van der Waals surface area (Å²) in [7, 11) is 0. The lowest BCUT2D eigenvalue weighted by Gasteiger charge is -2.44. The molecule has 3 nitrogen and oxygen atoms in total. The molecule has 26 heavy (non-hydrogen) atoms. The molecule has 2 unspecified atom stereocenters. The van der Waals surface area contributed by atoms with Crippen LogP contribution in [0.1, 0.15) is 50.5 Å². The van der Waals surface area contributed by atoms with E-state index >= 15 is 0 Å². The van der Waals surface area contributed by atoms with Crippen LogP contribution in [-0.4, -0.2) is 29.4 Å². The monoisotopic (exact) mass is 380 g/mol. The molecule has 0 spiro atoms. The second-order valence-corrected chi connectivity index (χ2v) is 8.34. The maximum Gasteiger partial charge on any atom is 0.225 e. The van der Waals surface area contributed by atoms with E-state index in [9.17, 15) is 9.18 Å². The van der Waals surface area contributed by atoms with Crippen molar-refractivity contribution in [1.82, 2.24) is 4.90 Å². The van der Waals surface area contributed by atoms with E-state index in [0.717, 1.165) is 44.2 Å². The Kier molecular flexibility index (Phi) is 6.24. The number of carbonyl (C=O) groups excluding carboxylic acids is 1. The molecule has 144 valence electrons. The smallest absolute Gasteiger partial charge is 0.225 e. The van der Waals surface area contributed by atoms with E-state index in [1.54, 1.807) is 0 Å². The fourth-order valence-electron chi connectivity index (χ4n) is 4.98. The van der Waals surface area contributed by atoms with Crippen LogP contribution in [0.3, 0.4) is 0 Å². The van der Waals surface area contributed by atoms with Crippen LogP contribution in [0.2, 0.25) is 0 Å². The summed E-state index contributed by atoms with van der Waals surface area (Å²) >= 11 is 0. The quantitative estimate of drug-likeness (QED) is 0.841. The average molecular weight is 381 g/mol. The minimum absolute atomic E-state index is 0. The van der Waals surface area contributed by atoms with Gasteiger partial charge in [0, 0.05) is 24.5 Å². The zero-order valence-corrected chi connectivity index (χ0v) is 16.1. The van der Waals surface area contributed by atoms with E-state index in [1.807, 2.05) is 12.1 Å². The van der Waals surface area contributed by atoms with E-state index in [4.69, 9.17) is 5.73 Å². The van der Waals surface area contributed by atoms with Crippen molar-refractivity contribution in [2.24, 2.45) is 23.5 Å². The molecule has 3 fully saturated rings. The molecule has 1 aromatic rings. The highest BCUT2D eigenvalue weighted by atomic mass is 35.5. The van der Waals surface area contributed by atoms with Crippen molar-refractivity contribution in [2.75, 3.05) is 6.54 Å². The van der Waals surface area contributed by atoms with Gasteiger partial charge in [0.15, 0.2) is 0 Å². The highest BCUT2D eigenvalue weighted by Gasteiger charge is 2.43. The van der Waals surface area contributed by atoms with Gasteiger partial charge in [0.05, 0.1) is 0 Å². The summed E-state index contributed by atoms with van der Waals surface area (Å²) in [6, 6.07) is 7.41. The third-order valence-electron chi connectivity index (χ3n) is 6.59. The third kappa shape index (κ3) is 4.23. The fourth-order valence-corrected chi connectivity index (χ4v) is 4.98. The fraction of sp³-hybridized carbons (Fsp3) is 0.667. The van der Waals surface area contributed by atoms with E-state index in [-0.39, 0.29) is 24.1 Å². The topological polar surface area (TPSA) is 46.3 Å². The van der Waals surface area contributed by atoms with Crippen LogP contribution in [0.5, 0.6) is 0 Å². The van der Waals surface area contributed by atoms with Gasteiger partial charge in [-0.2, -0.15) is 0 Å². The van der Waals surface area contributed by atoms with Gasteiger partial charge in [-0.25, -0.2) is 4.39 Å². The third-order valence-corrected chi connectivity index (χ3v) is 6.59. The van der Waals surface area contributed by atoms with Crippen molar-refractivity contribution in [3.63, 3.8) is 0 Å². The summed E-state index contributed by atoms with van der Waals surface area (Å²) in [6.45, 7) is 0.757. The van der Waals surface area contributed by atoms with Gasteiger partial charge in [-0.05, 0) is 74.5 Å². The molecule has 0 saturated heterocycles. The average Bonchev–Trinajstić information content (AvgIpc) is 3.41. The number of nitrogens with zero attached hydrogens (tertiary/aromatic N) is 1. The highest BCUT2D eigenvalue weighted by molar-refractivity contribution is 5.85. The Balaban J connectivity index is 0.00000196. The lowest BCUT2D eigenvalue weighted by molar-refractivity contribution is -0.139. The van der Waals surface area contributed by atoms with Crippen LogP contribution in [0.25, 0.3) is 0 Å². The van der Waals surface area contributed by atoms with Crippen molar-refractivity contribution in [3.8, 4) is 0 Å². The SMILES string of the molecule is Cl.NC1C2CCCC1CC(C(=O)N(CCc1ccc(F)cc1)C1CC1)C2. The van der Waals surface area contributed by atoms with E-state index in [2.05, 4.69) is 4.90 Å². The first-order valence-corrected chi connectivity index (χ1v) is 9.92. The molecular formula is C21H30ClFN2O. The largest absolute Gasteiger partial charge is 0.339 e. The molecule has 5 heteroatoms. The van der Waals surface area contributed by atoms with Gasteiger partial charge in [-0.15, -0.1) is 12.4 Å². The Morgan fingerprint density at radius 3 is 2.27 bits per heavy atom. The Morgan fingerprint density at radius 1 is 1.08 bits per heavy atom. The van der Waals surface area contributed by atoms with Gasteiger partial charge >= 0.3 is 0 Å². The molecule has 4 rings (SSSR count). The number of fused-ring (bicyclic) bond motifs is 2. The van der Waals surface area contributed by atoms with Crippen molar-refractivity contribution >= 4 is 18.3 Å². The van der Waals surface area contributed by atoms with Gasteiger partial charge < -0.3 is 10.6 Å². The maximum atomic E-state index is 13.2. The van der Waals surface area contributed by atoms with Gasteiger partial charge in [0.25, 0.3) is 0 Å². The first-order valence-electron chi connectivity index (χ1n) is 9.92. The Labute approximate surface area is 161 Å².